The van der Waals surface area contributed by atoms with Crippen molar-refractivity contribution in [1.82, 2.24) is 4.90 Å². The summed E-state index contributed by atoms with van der Waals surface area (Å²) in [6.07, 6.45) is 1.72. The van der Waals surface area contributed by atoms with E-state index in [4.69, 9.17) is 14.2 Å². The summed E-state index contributed by atoms with van der Waals surface area (Å²) < 4.78 is 17.9. The van der Waals surface area contributed by atoms with Crippen LogP contribution < -0.4 is 14.8 Å². The number of halogens is 1. The number of anilines is 1. The number of hydrogen-bond donors (Lipinski definition) is 1. The molecule has 2 heterocycles. The molecule has 0 saturated carbocycles. The van der Waals surface area contributed by atoms with Gasteiger partial charge in [0.1, 0.15) is 6.17 Å². The summed E-state index contributed by atoms with van der Waals surface area (Å²) in [7, 11) is 1.62. The first kappa shape index (κ1) is 20.0. The normalized spacial score (nSPS) is 20.9. The largest absolute Gasteiger partial charge is 0.493 e. The third-order valence-electron chi connectivity index (χ3n) is 5.30. The summed E-state index contributed by atoms with van der Waals surface area (Å²) >= 11 is 3.60. The molecule has 0 spiro atoms. The molecule has 4 rings (SSSR count). The Morgan fingerprint density at radius 2 is 2.14 bits per heavy atom. The van der Waals surface area contributed by atoms with E-state index in [0.717, 1.165) is 35.2 Å². The lowest BCUT2D eigenvalue weighted by molar-refractivity contribution is 0.0426. The molecule has 29 heavy (non-hydrogen) atoms. The summed E-state index contributed by atoms with van der Waals surface area (Å²) in [4.78, 5) is 15.2. The third-order valence-corrected chi connectivity index (χ3v) is 5.89. The number of rotatable bonds is 6. The van der Waals surface area contributed by atoms with Gasteiger partial charge in [0.25, 0.3) is 5.91 Å². The van der Waals surface area contributed by atoms with Crippen LogP contribution in [0.2, 0.25) is 0 Å². The van der Waals surface area contributed by atoms with Crippen molar-refractivity contribution in [2.75, 3.05) is 32.2 Å². The predicted octanol–water partition coefficient (Wildman–Crippen LogP) is 4.60. The second-order valence-corrected chi connectivity index (χ2v) is 8.01. The van der Waals surface area contributed by atoms with Crippen molar-refractivity contribution in [2.24, 2.45) is 0 Å². The van der Waals surface area contributed by atoms with Gasteiger partial charge in [-0.05, 0) is 65.5 Å². The highest BCUT2D eigenvalue weighted by atomic mass is 79.9. The predicted molar refractivity (Wildman–Crippen MR) is 115 cm³/mol. The lowest BCUT2D eigenvalue weighted by Gasteiger charge is -2.39. The molecule has 0 unspecified atom stereocenters. The first-order valence-electron chi connectivity index (χ1n) is 9.90. The highest BCUT2D eigenvalue weighted by molar-refractivity contribution is 9.10. The van der Waals surface area contributed by atoms with E-state index >= 15 is 0 Å². The number of nitrogens with one attached hydrogen (secondary N) is 1. The maximum absolute atomic E-state index is 13.4. The van der Waals surface area contributed by atoms with E-state index in [-0.39, 0.29) is 18.2 Å². The average molecular weight is 461 g/mol. The Hall–Kier alpha value is -2.25. The SMILES string of the molecule is CCOc1c(Br)cc([C@H]2Nc3ccccc3C(=O)N2C[C@H]2CCCO2)cc1OC. The molecule has 6 nitrogen and oxygen atoms in total. The zero-order valence-corrected chi connectivity index (χ0v) is 18.2. The average Bonchev–Trinajstić information content (AvgIpc) is 3.24. The summed E-state index contributed by atoms with van der Waals surface area (Å²) in [6, 6.07) is 11.5. The second kappa shape index (κ2) is 8.63. The summed E-state index contributed by atoms with van der Waals surface area (Å²) in [5.41, 5.74) is 2.42. The molecule has 2 aliphatic rings. The maximum atomic E-state index is 13.4. The summed E-state index contributed by atoms with van der Waals surface area (Å²) in [5, 5.41) is 3.53. The van der Waals surface area contributed by atoms with Gasteiger partial charge in [-0.25, -0.2) is 0 Å². The number of ether oxygens (including phenoxy) is 3. The fourth-order valence-corrected chi connectivity index (χ4v) is 4.51. The molecule has 1 amide bonds. The van der Waals surface area contributed by atoms with Gasteiger partial charge in [-0.2, -0.15) is 0 Å². The first-order valence-corrected chi connectivity index (χ1v) is 10.7. The van der Waals surface area contributed by atoms with E-state index in [1.807, 2.05) is 48.2 Å². The minimum atomic E-state index is -0.331. The van der Waals surface area contributed by atoms with Gasteiger partial charge in [-0.1, -0.05) is 12.1 Å². The van der Waals surface area contributed by atoms with E-state index < -0.39 is 0 Å². The molecule has 0 radical (unpaired) electrons. The third kappa shape index (κ3) is 3.94. The number of para-hydroxylation sites is 1. The van der Waals surface area contributed by atoms with Gasteiger partial charge in [0, 0.05) is 18.8 Å². The van der Waals surface area contributed by atoms with Crippen LogP contribution in [0.3, 0.4) is 0 Å². The van der Waals surface area contributed by atoms with Crippen LogP contribution >= 0.6 is 15.9 Å². The first-order chi connectivity index (χ1) is 14.1. The Bertz CT molecular complexity index is 898. The number of methoxy groups -OCH3 is 1. The highest BCUT2D eigenvalue weighted by Gasteiger charge is 2.35. The number of carbonyl (C=O) groups is 1. The van der Waals surface area contributed by atoms with Gasteiger partial charge in [-0.15, -0.1) is 0 Å². The summed E-state index contributed by atoms with van der Waals surface area (Å²) in [6.45, 7) is 3.76. The fourth-order valence-electron chi connectivity index (χ4n) is 3.93. The van der Waals surface area contributed by atoms with Gasteiger partial charge < -0.3 is 24.4 Å². The van der Waals surface area contributed by atoms with E-state index in [2.05, 4.69) is 21.2 Å². The fraction of sp³-hybridized carbons (Fsp3) is 0.409. The van der Waals surface area contributed by atoms with Gasteiger partial charge in [0.05, 0.1) is 29.9 Å². The van der Waals surface area contributed by atoms with Crippen molar-refractivity contribution >= 4 is 27.5 Å². The monoisotopic (exact) mass is 460 g/mol. The lowest BCUT2D eigenvalue weighted by atomic mass is 10.0. The van der Waals surface area contributed by atoms with Crippen LogP contribution in [0.15, 0.2) is 40.9 Å². The number of carbonyl (C=O) groups excluding carboxylic acids is 1. The molecule has 1 fully saturated rings. The van der Waals surface area contributed by atoms with Gasteiger partial charge in [-0.3, -0.25) is 4.79 Å². The number of hydrogen-bond acceptors (Lipinski definition) is 5. The van der Waals surface area contributed by atoms with Crippen molar-refractivity contribution in [3.05, 3.63) is 52.0 Å². The molecule has 0 aromatic heterocycles. The van der Waals surface area contributed by atoms with Crippen LogP contribution in [-0.4, -0.2) is 43.8 Å². The molecular weight excluding hydrogens is 436 g/mol. The number of amides is 1. The van der Waals surface area contributed by atoms with Crippen LogP contribution in [0.25, 0.3) is 0 Å². The molecule has 2 aromatic carbocycles. The van der Waals surface area contributed by atoms with Crippen LogP contribution in [0.4, 0.5) is 5.69 Å². The molecule has 2 aromatic rings. The van der Waals surface area contributed by atoms with Gasteiger partial charge in [0.15, 0.2) is 11.5 Å². The zero-order chi connectivity index (χ0) is 20.4. The van der Waals surface area contributed by atoms with E-state index in [1.54, 1.807) is 7.11 Å². The summed E-state index contributed by atoms with van der Waals surface area (Å²) in [5.74, 6) is 1.29. The quantitative estimate of drug-likeness (QED) is 0.682. The maximum Gasteiger partial charge on any atom is 0.257 e. The van der Waals surface area contributed by atoms with Crippen LogP contribution in [0.5, 0.6) is 11.5 Å². The van der Waals surface area contributed by atoms with Crippen molar-refractivity contribution < 1.29 is 19.0 Å². The molecular formula is C22H25BrN2O4. The van der Waals surface area contributed by atoms with Crippen molar-refractivity contribution in [1.29, 1.82) is 0 Å². The standard InChI is InChI=1S/C22H25BrN2O4/c1-3-28-20-17(23)11-14(12-19(20)27-2)21-24-18-9-5-4-8-16(18)22(26)25(21)13-15-7-6-10-29-15/h4-5,8-9,11-12,15,21,24H,3,6-7,10,13H2,1-2H3/t15-,21+/m1/s1. The zero-order valence-electron chi connectivity index (χ0n) is 16.6. The second-order valence-electron chi connectivity index (χ2n) is 7.15. The number of benzene rings is 2. The topological polar surface area (TPSA) is 60.0 Å². The molecule has 1 N–H and O–H groups in total. The molecule has 0 bridgehead atoms. The number of fused-ring (bicyclic) bond motifs is 1. The molecule has 0 aliphatic carbocycles. The lowest BCUT2D eigenvalue weighted by Crippen LogP contribution is -2.46. The van der Waals surface area contributed by atoms with E-state index in [0.29, 0.717) is 30.2 Å². The molecule has 2 aliphatic heterocycles. The Balaban J connectivity index is 1.74. The van der Waals surface area contributed by atoms with Gasteiger partial charge >= 0.3 is 0 Å². The van der Waals surface area contributed by atoms with Gasteiger partial charge in [0.2, 0.25) is 0 Å². The Morgan fingerprint density at radius 3 is 2.86 bits per heavy atom. The van der Waals surface area contributed by atoms with Crippen LogP contribution in [0.1, 0.15) is 41.9 Å². The Kier molecular flexibility index (Phi) is 5.96. The highest BCUT2D eigenvalue weighted by Crippen LogP contribution is 2.41. The van der Waals surface area contributed by atoms with Crippen molar-refractivity contribution in [2.45, 2.75) is 32.0 Å². The van der Waals surface area contributed by atoms with Crippen LogP contribution in [-0.2, 0) is 4.74 Å². The molecule has 2 atom stereocenters. The minimum Gasteiger partial charge on any atom is -0.493 e. The number of nitrogens with zero attached hydrogens (tertiary/aromatic N) is 1. The molecule has 7 heteroatoms. The minimum absolute atomic E-state index is 0.00354. The molecule has 154 valence electrons. The Morgan fingerprint density at radius 1 is 1.31 bits per heavy atom. The smallest absolute Gasteiger partial charge is 0.257 e. The Labute approximate surface area is 179 Å². The van der Waals surface area contributed by atoms with Crippen molar-refractivity contribution in [3.8, 4) is 11.5 Å². The molecule has 1 saturated heterocycles. The van der Waals surface area contributed by atoms with E-state index in [1.165, 1.54) is 0 Å². The van der Waals surface area contributed by atoms with Crippen LogP contribution in [0, 0.1) is 0 Å². The van der Waals surface area contributed by atoms with Crippen molar-refractivity contribution in [3.63, 3.8) is 0 Å². The van der Waals surface area contributed by atoms with E-state index in [9.17, 15) is 4.79 Å².